The summed E-state index contributed by atoms with van der Waals surface area (Å²) in [5.74, 6) is 0. The highest BCUT2D eigenvalue weighted by Crippen LogP contribution is 2.22. The van der Waals surface area contributed by atoms with E-state index in [9.17, 15) is 5.11 Å². The molecule has 0 heterocycles. The minimum absolute atomic E-state index is 0.270. The Hall–Kier alpha value is 0.190. The molecule has 0 aliphatic rings. The van der Waals surface area contributed by atoms with E-state index >= 15 is 0 Å². The molecule has 4 heteroatoms. The van der Waals surface area contributed by atoms with Crippen LogP contribution in [0.5, 0.6) is 0 Å². The third-order valence-electron chi connectivity index (χ3n) is 1.93. The molecule has 0 amide bonds. The Morgan fingerprint density at radius 2 is 2.29 bits per heavy atom. The lowest BCUT2D eigenvalue weighted by Gasteiger charge is -2.11. The van der Waals surface area contributed by atoms with E-state index in [4.69, 9.17) is 0 Å². The Morgan fingerprint density at radius 1 is 1.57 bits per heavy atom. The molecule has 14 heavy (non-hydrogen) atoms. The molecule has 0 aromatic heterocycles. The zero-order valence-electron chi connectivity index (χ0n) is 7.93. The van der Waals surface area contributed by atoms with Gasteiger partial charge in [-0.05, 0) is 63.1 Å². The van der Waals surface area contributed by atoms with Crippen molar-refractivity contribution in [2.75, 3.05) is 11.9 Å². The average Bonchev–Trinajstić information content (AvgIpc) is 2.19. The molecule has 2 N–H and O–H groups in total. The van der Waals surface area contributed by atoms with E-state index in [2.05, 4.69) is 43.8 Å². The van der Waals surface area contributed by atoms with E-state index in [1.807, 2.05) is 25.1 Å². The van der Waals surface area contributed by atoms with Crippen LogP contribution in [0.2, 0.25) is 0 Å². The molecule has 1 aromatic carbocycles. The first kappa shape index (κ1) is 12.3. The van der Waals surface area contributed by atoms with Crippen LogP contribution in [-0.4, -0.2) is 17.8 Å². The zero-order valence-corrected chi connectivity index (χ0v) is 11.7. The van der Waals surface area contributed by atoms with Gasteiger partial charge in [-0.2, -0.15) is 0 Å². The molecule has 78 valence electrons. The molecule has 0 fully saturated rings. The van der Waals surface area contributed by atoms with Crippen LogP contribution < -0.4 is 5.32 Å². The minimum Gasteiger partial charge on any atom is -0.391 e. The van der Waals surface area contributed by atoms with Crippen molar-refractivity contribution in [1.29, 1.82) is 0 Å². The molecule has 2 nitrogen and oxygen atoms in total. The second-order valence-electron chi connectivity index (χ2n) is 3.07. The van der Waals surface area contributed by atoms with E-state index in [-0.39, 0.29) is 6.10 Å². The van der Waals surface area contributed by atoms with Gasteiger partial charge in [-0.15, -0.1) is 0 Å². The standard InChI is InChI=1S/C10H13BrINO/c1-2-8(14)6-13-7-3-4-10(12)9(11)5-7/h3-5,8,13-14H,2,6H2,1H3/t8-/m1/s1. The number of hydrogen-bond acceptors (Lipinski definition) is 2. The third kappa shape index (κ3) is 3.74. The highest BCUT2D eigenvalue weighted by Gasteiger charge is 2.01. The summed E-state index contributed by atoms with van der Waals surface area (Å²) in [6, 6.07) is 6.06. The quantitative estimate of drug-likeness (QED) is 0.798. The first-order valence-electron chi connectivity index (χ1n) is 4.50. The smallest absolute Gasteiger partial charge is 0.0709 e. The molecule has 0 aliphatic heterocycles. The minimum atomic E-state index is -0.270. The monoisotopic (exact) mass is 369 g/mol. The van der Waals surface area contributed by atoms with Crippen molar-refractivity contribution in [3.63, 3.8) is 0 Å². The van der Waals surface area contributed by atoms with Gasteiger partial charge in [-0.3, -0.25) is 0 Å². The topological polar surface area (TPSA) is 32.3 Å². The fraction of sp³-hybridized carbons (Fsp3) is 0.400. The normalized spacial score (nSPS) is 12.6. The summed E-state index contributed by atoms with van der Waals surface area (Å²) < 4.78 is 2.26. The maximum atomic E-state index is 9.37. The van der Waals surface area contributed by atoms with Crippen molar-refractivity contribution in [1.82, 2.24) is 0 Å². The number of nitrogens with one attached hydrogen (secondary N) is 1. The fourth-order valence-corrected chi connectivity index (χ4v) is 1.70. The second kappa shape index (κ2) is 5.92. The van der Waals surface area contributed by atoms with E-state index in [0.717, 1.165) is 16.6 Å². The number of aliphatic hydroxyl groups excluding tert-OH is 1. The van der Waals surface area contributed by atoms with Gasteiger partial charge in [0.2, 0.25) is 0 Å². The van der Waals surface area contributed by atoms with Gasteiger partial charge >= 0.3 is 0 Å². The van der Waals surface area contributed by atoms with Gasteiger partial charge < -0.3 is 10.4 Å². The number of aliphatic hydroxyl groups is 1. The summed E-state index contributed by atoms with van der Waals surface area (Å²) in [5.41, 5.74) is 1.03. The Labute approximate surface area is 106 Å². The third-order valence-corrected chi connectivity index (χ3v) is 4.27. The van der Waals surface area contributed by atoms with Crippen molar-refractivity contribution < 1.29 is 5.11 Å². The summed E-state index contributed by atoms with van der Waals surface area (Å²) in [6.07, 6.45) is 0.506. The number of anilines is 1. The Balaban J connectivity index is 2.55. The maximum absolute atomic E-state index is 9.37. The lowest BCUT2D eigenvalue weighted by atomic mass is 10.2. The van der Waals surface area contributed by atoms with Crippen LogP contribution in [0.4, 0.5) is 5.69 Å². The van der Waals surface area contributed by atoms with Crippen LogP contribution in [-0.2, 0) is 0 Å². The highest BCUT2D eigenvalue weighted by atomic mass is 127. The van der Waals surface area contributed by atoms with Crippen molar-refractivity contribution in [3.05, 3.63) is 26.2 Å². The Morgan fingerprint density at radius 3 is 2.86 bits per heavy atom. The summed E-state index contributed by atoms with van der Waals surface area (Å²) in [7, 11) is 0. The Kier molecular flexibility index (Phi) is 5.19. The molecule has 1 atom stereocenters. The number of rotatable bonds is 4. The maximum Gasteiger partial charge on any atom is 0.0709 e. The summed E-state index contributed by atoms with van der Waals surface area (Å²) >= 11 is 5.73. The largest absolute Gasteiger partial charge is 0.391 e. The summed E-state index contributed by atoms with van der Waals surface area (Å²) in [5, 5.41) is 12.5. The molecule has 0 saturated heterocycles. The second-order valence-corrected chi connectivity index (χ2v) is 5.09. The lowest BCUT2D eigenvalue weighted by molar-refractivity contribution is 0.183. The van der Waals surface area contributed by atoms with Gasteiger partial charge in [0.1, 0.15) is 0 Å². The van der Waals surface area contributed by atoms with E-state index < -0.39 is 0 Å². The molecule has 0 bridgehead atoms. The fourth-order valence-electron chi connectivity index (χ4n) is 0.986. The molecule has 1 aromatic rings. The average molecular weight is 370 g/mol. The van der Waals surface area contributed by atoms with Crippen LogP contribution >= 0.6 is 38.5 Å². The van der Waals surface area contributed by atoms with Crippen molar-refractivity contribution in [2.45, 2.75) is 19.4 Å². The lowest BCUT2D eigenvalue weighted by Crippen LogP contribution is -2.18. The van der Waals surface area contributed by atoms with Crippen molar-refractivity contribution in [2.24, 2.45) is 0 Å². The van der Waals surface area contributed by atoms with Gasteiger partial charge in [-0.1, -0.05) is 6.92 Å². The van der Waals surface area contributed by atoms with Gasteiger partial charge in [0.05, 0.1) is 6.10 Å². The first-order chi connectivity index (χ1) is 6.63. The molecule has 0 unspecified atom stereocenters. The van der Waals surface area contributed by atoms with E-state index in [1.165, 1.54) is 3.57 Å². The van der Waals surface area contributed by atoms with Crippen LogP contribution in [0.3, 0.4) is 0 Å². The van der Waals surface area contributed by atoms with Crippen LogP contribution in [0.25, 0.3) is 0 Å². The van der Waals surface area contributed by atoms with Crippen molar-refractivity contribution >= 4 is 44.2 Å². The van der Waals surface area contributed by atoms with Gasteiger partial charge in [0.25, 0.3) is 0 Å². The van der Waals surface area contributed by atoms with Gasteiger partial charge in [0.15, 0.2) is 0 Å². The number of halogens is 2. The SMILES string of the molecule is CC[C@@H](O)CNc1ccc(I)c(Br)c1. The molecule has 0 spiro atoms. The van der Waals surface area contributed by atoms with E-state index in [0.29, 0.717) is 6.54 Å². The Bertz CT molecular complexity index is 306. The number of benzene rings is 1. The molecule has 1 rings (SSSR count). The van der Waals surface area contributed by atoms with Gasteiger partial charge in [0, 0.05) is 20.3 Å². The predicted molar refractivity (Wildman–Crippen MR) is 71.6 cm³/mol. The van der Waals surface area contributed by atoms with Gasteiger partial charge in [-0.25, -0.2) is 0 Å². The van der Waals surface area contributed by atoms with Crippen molar-refractivity contribution in [3.8, 4) is 0 Å². The van der Waals surface area contributed by atoms with Crippen LogP contribution in [0, 0.1) is 3.57 Å². The predicted octanol–water partition coefficient (Wildman–Crippen LogP) is 3.24. The van der Waals surface area contributed by atoms with E-state index in [1.54, 1.807) is 0 Å². The molecular formula is C10H13BrINO. The van der Waals surface area contributed by atoms with Crippen LogP contribution in [0.15, 0.2) is 22.7 Å². The molecular weight excluding hydrogens is 357 g/mol. The molecule has 0 saturated carbocycles. The number of hydrogen-bond donors (Lipinski definition) is 2. The van der Waals surface area contributed by atoms with Crippen LogP contribution in [0.1, 0.15) is 13.3 Å². The molecule has 0 aliphatic carbocycles. The molecule has 0 radical (unpaired) electrons. The summed E-state index contributed by atoms with van der Waals surface area (Å²) in [6.45, 7) is 2.57. The highest BCUT2D eigenvalue weighted by molar-refractivity contribution is 14.1. The first-order valence-corrected chi connectivity index (χ1v) is 6.37. The summed E-state index contributed by atoms with van der Waals surface area (Å²) in [4.78, 5) is 0. The zero-order chi connectivity index (χ0) is 10.6.